The van der Waals surface area contributed by atoms with Crippen molar-refractivity contribution in [1.82, 2.24) is 4.57 Å². The molecule has 0 saturated carbocycles. The highest BCUT2D eigenvalue weighted by Crippen LogP contribution is 2.30. The van der Waals surface area contributed by atoms with E-state index in [-0.39, 0.29) is 0 Å². The summed E-state index contributed by atoms with van der Waals surface area (Å²) in [6.45, 7) is 0. The highest BCUT2D eigenvalue weighted by molar-refractivity contribution is 7.07. The first kappa shape index (κ1) is 15.6. The molecule has 0 amide bonds. The molecule has 0 spiro atoms. The van der Waals surface area contributed by atoms with E-state index in [4.69, 9.17) is 34.8 Å². The third kappa shape index (κ3) is 3.23. The van der Waals surface area contributed by atoms with Gasteiger partial charge >= 0.3 is 0 Å². The zero-order valence-electron chi connectivity index (χ0n) is 11.6. The summed E-state index contributed by atoms with van der Waals surface area (Å²) < 4.78 is 2.00. The minimum Gasteiger partial charge on any atom is -0.319 e. The molecule has 6 heteroatoms. The number of halogens is 3. The van der Waals surface area contributed by atoms with Crippen LogP contribution in [0.4, 0.5) is 5.69 Å². The van der Waals surface area contributed by atoms with Crippen molar-refractivity contribution >= 4 is 51.8 Å². The van der Waals surface area contributed by atoms with E-state index in [1.807, 2.05) is 53.4 Å². The summed E-state index contributed by atoms with van der Waals surface area (Å²) in [6.07, 6.45) is 0. The summed E-state index contributed by atoms with van der Waals surface area (Å²) >= 11 is 19.8. The van der Waals surface area contributed by atoms with Crippen LogP contribution in [0.15, 0.2) is 52.8 Å². The van der Waals surface area contributed by atoms with Crippen LogP contribution in [0.2, 0.25) is 15.1 Å². The topological polar surface area (TPSA) is 17.3 Å². The van der Waals surface area contributed by atoms with Crippen molar-refractivity contribution in [3.63, 3.8) is 0 Å². The number of hydrogen-bond acceptors (Lipinski definition) is 2. The van der Waals surface area contributed by atoms with Crippen molar-refractivity contribution in [3.8, 4) is 11.3 Å². The van der Waals surface area contributed by atoms with Crippen molar-refractivity contribution in [1.29, 1.82) is 0 Å². The predicted molar refractivity (Wildman–Crippen MR) is 95.4 cm³/mol. The van der Waals surface area contributed by atoms with Gasteiger partial charge in [0.2, 0.25) is 0 Å². The van der Waals surface area contributed by atoms with Gasteiger partial charge in [-0.2, -0.15) is 0 Å². The number of hydrogen-bond donors (Lipinski definition) is 0. The molecular weight excluding hydrogens is 359 g/mol. The average Bonchev–Trinajstić information content (AvgIpc) is 2.81. The van der Waals surface area contributed by atoms with Crippen LogP contribution in [-0.2, 0) is 7.05 Å². The quantitative estimate of drug-likeness (QED) is 0.531. The molecule has 0 radical (unpaired) electrons. The van der Waals surface area contributed by atoms with E-state index in [1.54, 1.807) is 17.4 Å². The van der Waals surface area contributed by atoms with Crippen LogP contribution in [0.1, 0.15) is 0 Å². The fraction of sp³-hybridized carbons (Fsp3) is 0.0625. The van der Waals surface area contributed by atoms with Gasteiger partial charge < -0.3 is 4.57 Å². The molecule has 0 bridgehead atoms. The summed E-state index contributed by atoms with van der Waals surface area (Å²) in [5, 5.41) is 3.94. The Kier molecular flexibility index (Phi) is 4.59. The number of benzene rings is 2. The standard InChI is InChI=1S/C16H11Cl3N2S/c1-21-15(13-6-5-11(18)8-14(13)19)9-22-16(21)20-12-4-2-3-10(17)7-12/h2-9H,1H3. The Morgan fingerprint density at radius 3 is 2.50 bits per heavy atom. The summed E-state index contributed by atoms with van der Waals surface area (Å²) in [4.78, 5) is 5.49. The number of aromatic nitrogens is 1. The van der Waals surface area contributed by atoms with E-state index in [9.17, 15) is 0 Å². The molecule has 0 saturated heterocycles. The van der Waals surface area contributed by atoms with Gasteiger partial charge in [0, 0.05) is 28.0 Å². The molecule has 0 atom stereocenters. The molecule has 0 aliphatic rings. The molecule has 3 rings (SSSR count). The second-order valence-electron chi connectivity index (χ2n) is 4.68. The van der Waals surface area contributed by atoms with E-state index in [0.717, 1.165) is 21.7 Å². The van der Waals surface area contributed by atoms with Crippen LogP contribution in [0.3, 0.4) is 0 Å². The maximum atomic E-state index is 6.29. The zero-order chi connectivity index (χ0) is 15.7. The van der Waals surface area contributed by atoms with Crippen LogP contribution in [-0.4, -0.2) is 4.57 Å². The molecule has 1 heterocycles. The van der Waals surface area contributed by atoms with Crippen LogP contribution in [0.25, 0.3) is 11.3 Å². The van der Waals surface area contributed by atoms with Crippen LogP contribution < -0.4 is 4.80 Å². The van der Waals surface area contributed by atoms with Crippen molar-refractivity contribution in [3.05, 3.63) is 67.7 Å². The van der Waals surface area contributed by atoms with Gasteiger partial charge in [0.25, 0.3) is 0 Å². The first-order valence-electron chi connectivity index (χ1n) is 6.45. The summed E-state index contributed by atoms with van der Waals surface area (Å²) in [6, 6.07) is 12.9. The van der Waals surface area contributed by atoms with Gasteiger partial charge in [-0.25, -0.2) is 4.99 Å². The Balaban J connectivity index is 2.09. The normalized spacial score (nSPS) is 11.9. The van der Waals surface area contributed by atoms with Crippen molar-refractivity contribution in [2.45, 2.75) is 0 Å². The fourth-order valence-corrected chi connectivity index (χ4v) is 3.68. The van der Waals surface area contributed by atoms with E-state index < -0.39 is 0 Å². The smallest absolute Gasteiger partial charge is 0.190 e. The second kappa shape index (κ2) is 6.47. The van der Waals surface area contributed by atoms with Crippen LogP contribution in [0, 0.1) is 0 Å². The lowest BCUT2D eigenvalue weighted by molar-refractivity contribution is 0.883. The van der Waals surface area contributed by atoms with Crippen molar-refractivity contribution in [2.75, 3.05) is 0 Å². The summed E-state index contributed by atoms with van der Waals surface area (Å²) in [7, 11) is 1.96. The van der Waals surface area contributed by atoms with E-state index >= 15 is 0 Å². The molecule has 22 heavy (non-hydrogen) atoms. The number of nitrogens with zero attached hydrogens (tertiary/aromatic N) is 2. The molecule has 0 aliphatic carbocycles. The largest absolute Gasteiger partial charge is 0.319 e. The molecule has 2 aromatic carbocycles. The molecule has 0 aliphatic heterocycles. The van der Waals surface area contributed by atoms with Crippen molar-refractivity contribution in [2.24, 2.45) is 12.0 Å². The Labute approximate surface area is 147 Å². The summed E-state index contributed by atoms with van der Waals surface area (Å²) in [5.41, 5.74) is 2.74. The monoisotopic (exact) mass is 368 g/mol. The zero-order valence-corrected chi connectivity index (χ0v) is 14.6. The minimum atomic E-state index is 0.621. The third-order valence-electron chi connectivity index (χ3n) is 3.16. The van der Waals surface area contributed by atoms with Gasteiger partial charge in [-0.05, 0) is 36.4 Å². The predicted octanol–water partition coefficient (Wildman–Crippen LogP) is 5.95. The minimum absolute atomic E-state index is 0.621. The fourth-order valence-electron chi connectivity index (χ4n) is 2.07. The highest BCUT2D eigenvalue weighted by atomic mass is 35.5. The Morgan fingerprint density at radius 1 is 1.00 bits per heavy atom. The van der Waals surface area contributed by atoms with Gasteiger partial charge in [0.05, 0.1) is 16.4 Å². The number of rotatable bonds is 2. The highest BCUT2D eigenvalue weighted by Gasteiger charge is 2.09. The van der Waals surface area contributed by atoms with Gasteiger partial charge in [-0.3, -0.25) is 0 Å². The average molecular weight is 370 g/mol. The van der Waals surface area contributed by atoms with Gasteiger partial charge in [-0.15, -0.1) is 11.3 Å². The maximum Gasteiger partial charge on any atom is 0.190 e. The molecule has 3 aromatic rings. The van der Waals surface area contributed by atoms with Gasteiger partial charge in [-0.1, -0.05) is 40.9 Å². The first-order valence-corrected chi connectivity index (χ1v) is 8.46. The van der Waals surface area contributed by atoms with Crippen LogP contribution in [0.5, 0.6) is 0 Å². The Bertz CT molecular complexity index is 896. The maximum absolute atomic E-state index is 6.29. The SMILES string of the molecule is Cn1c(-c2ccc(Cl)cc2Cl)csc1=Nc1cccc(Cl)c1. The second-order valence-corrected chi connectivity index (χ2v) is 6.80. The van der Waals surface area contributed by atoms with Gasteiger partial charge in [0.1, 0.15) is 0 Å². The lowest BCUT2D eigenvalue weighted by Crippen LogP contribution is -2.10. The molecule has 0 unspecified atom stereocenters. The molecule has 0 fully saturated rings. The Hall–Kier alpha value is -1.26. The molecular formula is C16H11Cl3N2S. The molecule has 0 N–H and O–H groups in total. The van der Waals surface area contributed by atoms with Crippen LogP contribution >= 0.6 is 46.1 Å². The lowest BCUT2D eigenvalue weighted by Gasteiger charge is -2.05. The molecule has 112 valence electrons. The Morgan fingerprint density at radius 2 is 1.77 bits per heavy atom. The van der Waals surface area contributed by atoms with Crippen molar-refractivity contribution < 1.29 is 0 Å². The van der Waals surface area contributed by atoms with E-state index in [2.05, 4.69) is 4.99 Å². The number of thiazole rings is 1. The summed E-state index contributed by atoms with van der Waals surface area (Å²) in [5.74, 6) is 0. The molecule has 2 nitrogen and oxygen atoms in total. The lowest BCUT2D eigenvalue weighted by atomic mass is 10.2. The van der Waals surface area contributed by atoms with E-state index in [0.29, 0.717) is 15.1 Å². The molecule has 1 aromatic heterocycles. The first-order chi connectivity index (χ1) is 10.5. The van der Waals surface area contributed by atoms with E-state index in [1.165, 1.54) is 0 Å². The third-order valence-corrected chi connectivity index (χ3v) is 4.86. The van der Waals surface area contributed by atoms with Gasteiger partial charge in [0.15, 0.2) is 4.80 Å².